The minimum Gasteiger partial charge on any atom is -0.508 e. The topological polar surface area (TPSA) is 86.6 Å². The first-order valence-electron chi connectivity index (χ1n) is 14.0. The summed E-state index contributed by atoms with van der Waals surface area (Å²) in [6.07, 6.45) is 11.9. The Morgan fingerprint density at radius 3 is 2.67 bits per heavy atom. The minimum atomic E-state index is -0.596. The molecule has 3 aliphatic rings. The van der Waals surface area contributed by atoms with Crippen molar-refractivity contribution in [2.45, 2.75) is 31.2 Å². The zero-order chi connectivity index (χ0) is 27.3. The molecule has 0 aliphatic carbocycles. The van der Waals surface area contributed by atoms with Gasteiger partial charge in [0.15, 0.2) is 5.82 Å². The van der Waals surface area contributed by atoms with Gasteiger partial charge in [0.25, 0.3) is 0 Å². The number of pyridine rings is 1. The third-order valence-corrected chi connectivity index (χ3v) is 8.71. The Hall–Kier alpha value is -4.00. The van der Waals surface area contributed by atoms with Gasteiger partial charge in [-0.3, -0.25) is 9.88 Å². The number of fused-ring (bicyclic) bond motifs is 3. The summed E-state index contributed by atoms with van der Waals surface area (Å²) in [5, 5.41) is 15.7. The molecule has 0 atom stereocenters. The molecule has 0 saturated carbocycles. The zero-order valence-electron chi connectivity index (χ0n) is 22.3. The molecular formula is C31H31FN6O2. The molecule has 2 aromatic heterocycles. The van der Waals surface area contributed by atoms with Crippen LogP contribution in [0.2, 0.25) is 0 Å². The molecule has 5 heterocycles. The van der Waals surface area contributed by atoms with E-state index in [1.54, 1.807) is 18.3 Å². The standard InChI is InChI=1S/C31H31FN6O2/c1-2-20-6-3-7-21-16-22(39)17-23(25(20)21)27-26(32)28-24(18-34-27)29(37-14-10-33-11-15-37)36-30(35-28)40-19-31-8-4-12-38(31)13-5-9-31/h1,3,6-7,16-18,33,39H,4-5,8-15,19H2. The smallest absolute Gasteiger partial charge is 0.319 e. The van der Waals surface area contributed by atoms with Crippen LogP contribution in [0.15, 0.2) is 36.5 Å². The molecule has 0 spiro atoms. The largest absolute Gasteiger partial charge is 0.508 e. The predicted molar refractivity (Wildman–Crippen MR) is 153 cm³/mol. The van der Waals surface area contributed by atoms with Crippen LogP contribution in [0.25, 0.3) is 32.9 Å². The van der Waals surface area contributed by atoms with E-state index in [1.165, 1.54) is 6.07 Å². The van der Waals surface area contributed by atoms with E-state index >= 15 is 4.39 Å². The van der Waals surface area contributed by atoms with Crippen molar-refractivity contribution in [2.75, 3.05) is 50.8 Å². The van der Waals surface area contributed by atoms with Crippen molar-refractivity contribution in [1.82, 2.24) is 25.2 Å². The van der Waals surface area contributed by atoms with Crippen molar-refractivity contribution >= 4 is 27.5 Å². The van der Waals surface area contributed by atoms with Crippen LogP contribution in [0.5, 0.6) is 11.8 Å². The van der Waals surface area contributed by atoms with Gasteiger partial charge in [-0.15, -0.1) is 6.42 Å². The first kappa shape index (κ1) is 25.0. The summed E-state index contributed by atoms with van der Waals surface area (Å²) in [6, 6.07) is 8.75. The summed E-state index contributed by atoms with van der Waals surface area (Å²) >= 11 is 0. The van der Waals surface area contributed by atoms with Crippen LogP contribution in [0.1, 0.15) is 31.2 Å². The molecule has 4 aromatic rings. The zero-order valence-corrected chi connectivity index (χ0v) is 22.3. The quantitative estimate of drug-likeness (QED) is 0.368. The number of hydrogen-bond acceptors (Lipinski definition) is 8. The van der Waals surface area contributed by atoms with Crippen LogP contribution in [0, 0.1) is 18.2 Å². The van der Waals surface area contributed by atoms with Crippen LogP contribution >= 0.6 is 0 Å². The summed E-state index contributed by atoms with van der Waals surface area (Å²) in [4.78, 5) is 18.6. The first-order valence-corrected chi connectivity index (χ1v) is 14.0. The number of nitrogens with zero attached hydrogens (tertiary/aromatic N) is 5. The summed E-state index contributed by atoms with van der Waals surface area (Å²) < 4.78 is 22.9. The number of phenolic OH excluding ortho intramolecular Hbond substituents is 1. The Balaban J connectivity index is 1.37. The van der Waals surface area contributed by atoms with Gasteiger partial charge in [-0.05, 0) is 62.4 Å². The van der Waals surface area contributed by atoms with E-state index in [0.717, 1.165) is 65.0 Å². The van der Waals surface area contributed by atoms with Crippen molar-refractivity contribution in [3.05, 3.63) is 47.9 Å². The summed E-state index contributed by atoms with van der Waals surface area (Å²) in [5.41, 5.74) is 1.24. The molecule has 9 heteroatoms. The second-order valence-corrected chi connectivity index (χ2v) is 11.0. The Bertz CT molecular complexity index is 1650. The fourth-order valence-corrected chi connectivity index (χ4v) is 6.77. The van der Waals surface area contributed by atoms with Gasteiger partial charge >= 0.3 is 6.01 Å². The van der Waals surface area contributed by atoms with Crippen LogP contribution in [0.3, 0.4) is 0 Å². The summed E-state index contributed by atoms with van der Waals surface area (Å²) in [5.74, 6) is 2.71. The highest BCUT2D eigenvalue weighted by Crippen LogP contribution is 2.40. The van der Waals surface area contributed by atoms with Gasteiger partial charge in [-0.1, -0.05) is 18.1 Å². The molecule has 0 amide bonds. The number of anilines is 1. The monoisotopic (exact) mass is 538 g/mol. The maximum atomic E-state index is 16.6. The van der Waals surface area contributed by atoms with Crippen LogP contribution in [-0.2, 0) is 0 Å². The van der Waals surface area contributed by atoms with Crippen LogP contribution in [-0.4, -0.2) is 76.4 Å². The highest BCUT2D eigenvalue weighted by molar-refractivity contribution is 6.02. The highest BCUT2D eigenvalue weighted by atomic mass is 19.1. The normalized spacial score (nSPS) is 18.8. The molecular weight excluding hydrogens is 507 g/mol. The molecule has 2 N–H and O–H groups in total. The number of halogens is 1. The lowest BCUT2D eigenvalue weighted by atomic mass is 9.95. The van der Waals surface area contributed by atoms with Crippen molar-refractivity contribution in [2.24, 2.45) is 0 Å². The maximum Gasteiger partial charge on any atom is 0.319 e. The van der Waals surface area contributed by atoms with E-state index in [2.05, 4.69) is 31.0 Å². The van der Waals surface area contributed by atoms with Crippen molar-refractivity contribution < 1.29 is 14.2 Å². The number of aromatic nitrogens is 3. The second kappa shape index (κ2) is 9.88. The molecule has 2 aromatic carbocycles. The molecule has 204 valence electrons. The number of terminal acetylenes is 1. The highest BCUT2D eigenvalue weighted by Gasteiger charge is 2.45. The van der Waals surface area contributed by atoms with Gasteiger partial charge in [0.2, 0.25) is 0 Å². The molecule has 0 radical (unpaired) electrons. The fraction of sp³-hybridized carbons (Fsp3) is 0.387. The number of ether oxygens (including phenoxy) is 1. The van der Waals surface area contributed by atoms with Crippen molar-refractivity contribution in [1.29, 1.82) is 0 Å². The number of nitrogens with one attached hydrogen (secondary N) is 1. The van der Waals surface area contributed by atoms with Crippen LogP contribution < -0.4 is 15.0 Å². The van der Waals surface area contributed by atoms with E-state index in [4.69, 9.17) is 16.1 Å². The minimum absolute atomic E-state index is 0.00289. The van der Waals surface area contributed by atoms with Crippen molar-refractivity contribution in [3.8, 4) is 35.4 Å². The first-order chi connectivity index (χ1) is 19.6. The van der Waals surface area contributed by atoms with E-state index < -0.39 is 5.82 Å². The van der Waals surface area contributed by atoms with Crippen LogP contribution in [0.4, 0.5) is 10.2 Å². The average Bonchev–Trinajstić information content (AvgIpc) is 3.56. The Kier molecular flexibility index (Phi) is 6.17. The number of benzene rings is 2. The Morgan fingerprint density at radius 1 is 1.10 bits per heavy atom. The molecule has 8 nitrogen and oxygen atoms in total. The van der Waals surface area contributed by atoms with Gasteiger partial charge < -0.3 is 20.1 Å². The fourth-order valence-electron chi connectivity index (χ4n) is 6.77. The maximum absolute atomic E-state index is 16.6. The molecule has 3 aliphatic heterocycles. The molecule has 40 heavy (non-hydrogen) atoms. The molecule has 0 bridgehead atoms. The van der Waals surface area contributed by atoms with Gasteiger partial charge in [-0.2, -0.15) is 9.97 Å². The number of hydrogen-bond donors (Lipinski definition) is 2. The lowest BCUT2D eigenvalue weighted by Crippen LogP contribution is -2.44. The summed E-state index contributed by atoms with van der Waals surface area (Å²) in [6.45, 7) is 5.74. The van der Waals surface area contributed by atoms with Gasteiger partial charge in [0.05, 0.1) is 10.9 Å². The third-order valence-electron chi connectivity index (χ3n) is 8.71. The van der Waals surface area contributed by atoms with Gasteiger partial charge in [-0.25, -0.2) is 4.39 Å². The predicted octanol–water partition coefficient (Wildman–Crippen LogP) is 4.09. The Morgan fingerprint density at radius 2 is 1.90 bits per heavy atom. The number of aromatic hydroxyl groups is 1. The number of rotatable bonds is 5. The molecule has 0 unspecified atom stereocenters. The third kappa shape index (κ3) is 4.10. The average molecular weight is 539 g/mol. The second-order valence-electron chi connectivity index (χ2n) is 11.0. The number of phenols is 1. The molecule has 7 rings (SSSR count). The summed E-state index contributed by atoms with van der Waals surface area (Å²) in [7, 11) is 0. The van der Waals surface area contributed by atoms with E-state index in [0.29, 0.717) is 39.7 Å². The number of piperazine rings is 1. The van der Waals surface area contributed by atoms with E-state index in [9.17, 15) is 5.11 Å². The van der Waals surface area contributed by atoms with Gasteiger partial charge in [0, 0.05) is 48.9 Å². The van der Waals surface area contributed by atoms with Crippen molar-refractivity contribution in [3.63, 3.8) is 0 Å². The van der Waals surface area contributed by atoms with E-state index in [-0.39, 0.29) is 28.5 Å². The van der Waals surface area contributed by atoms with E-state index in [1.807, 2.05) is 12.1 Å². The lowest BCUT2D eigenvalue weighted by Gasteiger charge is -2.32. The molecule has 3 fully saturated rings. The lowest BCUT2D eigenvalue weighted by molar-refractivity contribution is 0.108. The molecule has 3 saturated heterocycles. The SMILES string of the molecule is C#Cc1cccc2cc(O)cc(-c3ncc4c(N5CCNCC5)nc(OCC56CCCN5CCC6)nc4c3F)c12. The Labute approximate surface area is 232 Å². The van der Waals surface area contributed by atoms with Gasteiger partial charge in [0.1, 0.15) is 29.4 Å².